The first-order valence-electron chi connectivity index (χ1n) is 6.64. The quantitative estimate of drug-likeness (QED) is 0.851. The van der Waals surface area contributed by atoms with Crippen LogP contribution in [0.4, 0.5) is 10.1 Å². The van der Waals surface area contributed by atoms with E-state index in [4.69, 9.17) is 5.73 Å². The van der Waals surface area contributed by atoms with E-state index < -0.39 is 15.8 Å². The second-order valence-corrected chi connectivity index (χ2v) is 7.55. The molecule has 6 heteroatoms. The van der Waals surface area contributed by atoms with Gasteiger partial charge >= 0.3 is 0 Å². The van der Waals surface area contributed by atoms with E-state index in [0.29, 0.717) is 6.54 Å². The van der Waals surface area contributed by atoms with E-state index in [1.165, 1.54) is 17.3 Å². The number of hydrogen-bond acceptors (Lipinski definition) is 3. The highest BCUT2D eigenvalue weighted by Crippen LogP contribution is 2.26. The number of benzene rings is 1. The van der Waals surface area contributed by atoms with Gasteiger partial charge < -0.3 is 5.73 Å². The van der Waals surface area contributed by atoms with E-state index in [1.807, 2.05) is 13.8 Å². The highest BCUT2D eigenvalue weighted by atomic mass is 32.2. The van der Waals surface area contributed by atoms with Gasteiger partial charge in [0.2, 0.25) is 10.0 Å². The average Bonchev–Trinajstić information content (AvgIpc) is 2.29. The monoisotopic (exact) mass is 302 g/mol. The molecule has 0 saturated heterocycles. The fraction of sp³-hybridized carbons (Fsp3) is 0.571. The van der Waals surface area contributed by atoms with Gasteiger partial charge in [-0.2, -0.15) is 4.31 Å². The summed E-state index contributed by atoms with van der Waals surface area (Å²) in [6.07, 6.45) is 0. The van der Waals surface area contributed by atoms with Gasteiger partial charge in [0.1, 0.15) is 5.82 Å². The summed E-state index contributed by atoms with van der Waals surface area (Å²) >= 11 is 0. The number of nitrogens with two attached hydrogens (primary N) is 1. The third kappa shape index (κ3) is 3.49. The van der Waals surface area contributed by atoms with Crippen molar-refractivity contribution in [2.45, 2.75) is 45.6 Å². The Labute approximate surface area is 120 Å². The lowest BCUT2D eigenvalue weighted by Crippen LogP contribution is -2.39. The predicted molar refractivity (Wildman–Crippen MR) is 79.4 cm³/mol. The van der Waals surface area contributed by atoms with E-state index in [9.17, 15) is 12.8 Å². The van der Waals surface area contributed by atoms with E-state index in [2.05, 4.69) is 0 Å². The Morgan fingerprint density at radius 1 is 1.25 bits per heavy atom. The van der Waals surface area contributed by atoms with Crippen LogP contribution in [-0.4, -0.2) is 25.3 Å². The van der Waals surface area contributed by atoms with Crippen LogP contribution < -0.4 is 5.73 Å². The fourth-order valence-corrected chi connectivity index (χ4v) is 4.09. The molecule has 0 aliphatic carbocycles. The summed E-state index contributed by atoms with van der Waals surface area (Å²) in [6.45, 7) is 9.33. The fourth-order valence-electron chi connectivity index (χ4n) is 2.01. The normalized spacial score (nSPS) is 12.7. The Morgan fingerprint density at radius 3 is 2.25 bits per heavy atom. The summed E-state index contributed by atoms with van der Waals surface area (Å²) in [5.41, 5.74) is 5.80. The molecule has 1 aromatic rings. The van der Waals surface area contributed by atoms with Crippen LogP contribution in [0.1, 0.15) is 33.3 Å². The van der Waals surface area contributed by atoms with E-state index >= 15 is 0 Å². The van der Waals surface area contributed by atoms with Crippen LogP contribution in [-0.2, 0) is 10.0 Å². The van der Waals surface area contributed by atoms with Gasteiger partial charge in [0.25, 0.3) is 0 Å². The molecule has 0 heterocycles. The Hall–Kier alpha value is -1.14. The lowest BCUT2D eigenvalue weighted by Gasteiger charge is -2.28. The number of nitrogen functional groups attached to an aromatic ring is 1. The number of nitrogens with zero attached hydrogens (tertiary/aromatic N) is 1. The minimum absolute atomic E-state index is 0.0515. The van der Waals surface area contributed by atoms with Gasteiger partial charge in [-0.15, -0.1) is 0 Å². The van der Waals surface area contributed by atoms with Crippen molar-refractivity contribution in [3.05, 3.63) is 23.5 Å². The third-order valence-electron chi connectivity index (χ3n) is 3.03. The Balaban J connectivity index is 3.41. The van der Waals surface area contributed by atoms with Gasteiger partial charge in [0, 0.05) is 23.8 Å². The van der Waals surface area contributed by atoms with Crippen molar-refractivity contribution in [2.75, 3.05) is 12.3 Å². The zero-order valence-corrected chi connectivity index (χ0v) is 13.5. The lowest BCUT2D eigenvalue weighted by atomic mass is 10.2. The number of halogens is 1. The molecule has 4 nitrogen and oxygen atoms in total. The van der Waals surface area contributed by atoms with Crippen molar-refractivity contribution in [3.63, 3.8) is 0 Å². The molecule has 1 aromatic carbocycles. The second kappa shape index (κ2) is 6.10. The summed E-state index contributed by atoms with van der Waals surface area (Å²) < 4.78 is 40.6. The maximum Gasteiger partial charge on any atom is 0.243 e. The molecule has 0 unspecified atom stereocenters. The Morgan fingerprint density at radius 2 is 1.80 bits per heavy atom. The minimum Gasteiger partial charge on any atom is -0.399 e. The first-order chi connectivity index (χ1) is 9.07. The van der Waals surface area contributed by atoms with Crippen LogP contribution in [0.3, 0.4) is 0 Å². The summed E-state index contributed by atoms with van der Waals surface area (Å²) in [5, 5.41) is 0. The number of anilines is 1. The van der Waals surface area contributed by atoms with Crippen molar-refractivity contribution in [1.82, 2.24) is 4.31 Å². The number of hydrogen-bond donors (Lipinski definition) is 1. The molecular weight excluding hydrogens is 279 g/mol. The predicted octanol–water partition coefficient (Wildman–Crippen LogP) is 2.77. The molecule has 0 aliphatic heterocycles. The number of rotatable bonds is 5. The molecule has 0 amide bonds. The third-order valence-corrected chi connectivity index (χ3v) is 5.19. The maximum atomic E-state index is 13.7. The topological polar surface area (TPSA) is 63.4 Å². The van der Waals surface area contributed by atoms with Crippen molar-refractivity contribution < 1.29 is 12.8 Å². The molecule has 0 saturated carbocycles. The van der Waals surface area contributed by atoms with E-state index in [1.54, 1.807) is 13.8 Å². The maximum absolute atomic E-state index is 13.7. The van der Waals surface area contributed by atoms with Crippen LogP contribution >= 0.6 is 0 Å². The van der Waals surface area contributed by atoms with Crippen molar-refractivity contribution >= 4 is 15.7 Å². The molecule has 1 rings (SSSR count). The van der Waals surface area contributed by atoms with Gasteiger partial charge in [-0.25, -0.2) is 12.8 Å². The van der Waals surface area contributed by atoms with Crippen molar-refractivity contribution in [2.24, 2.45) is 5.92 Å². The second-order valence-electron chi connectivity index (χ2n) is 5.69. The molecule has 0 radical (unpaired) electrons. The lowest BCUT2D eigenvalue weighted by molar-refractivity contribution is 0.318. The van der Waals surface area contributed by atoms with Gasteiger partial charge in [0.05, 0.1) is 4.90 Å². The molecule has 0 fully saturated rings. The molecule has 0 spiro atoms. The molecule has 0 aliphatic rings. The largest absolute Gasteiger partial charge is 0.399 e. The van der Waals surface area contributed by atoms with Gasteiger partial charge in [-0.1, -0.05) is 13.8 Å². The van der Waals surface area contributed by atoms with Gasteiger partial charge in [-0.3, -0.25) is 0 Å². The summed E-state index contributed by atoms with van der Waals surface area (Å²) in [6, 6.07) is 2.26. The van der Waals surface area contributed by atoms with Gasteiger partial charge in [-0.05, 0) is 38.8 Å². The first kappa shape index (κ1) is 16.9. The van der Waals surface area contributed by atoms with Crippen LogP contribution in [0.5, 0.6) is 0 Å². The highest BCUT2D eigenvalue weighted by Gasteiger charge is 2.30. The van der Waals surface area contributed by atoms with Crippen LogP contribution in [0.25, 0.3) is 0 Å². The molecular formula is C14H23FN2O2S. The Bertz CT molecular complexity index is 583. The Kier molecular flexibility index (Phi) is 5.15. The summed E-state index contributed by atoms with van der Waals surface area (Å²) in [7, 11) is -3.76. The zero-order chi connectivity index (χ0) is 15.7. The molecule has 0 atom stereocenters. The van der Waals surface area contributed by atoms with Crippen LogP contribution in [0.15, 0.2) is 17.0 Å². The summed E-state index contributed by atoms with van der Waals surface area (Å²) in [5.74, 6) is -0.421. The SMILES string of the molecule is Cc1c(F)cc(N)cc1S(=O)(=O)N(CC(C)C)C(C)C. The van der Waals surface area contributed by atoms with Crippen LogP contribution in [0, 0.1) is 18.7 Å². The van der Waals surface area contributed by atoms with E-state index in [0.717, 1.165) is 6.07 Å². The van der Waals surface area contributed by atoms with Crippen molar-refractivity contribution in [3.8, 4) is 0 Å². The number of sulfonamides is 1. The van der Waals surface area contributed by atoms with Crippen molar-refractivity contribution in [1.29, 1.82) is 0 Å². The molecule has 0 bridgehead atoms. The first-order valence-corrected chi connectivity index (χ1v) is 8.08. The average molecular weight is 302 g/mol. The molecule has 20 heavy (non-hydrogen) atoms. The molecule has 0 aromatic heterocycles. The minimum atomic E-state index is -3.76. The smallest absolute Gasteiger partial charge is 0.243 e. The van der Waals surface area contributed by atoms with Gasteiger partial charge in [0.15, 0.2) is 0 Å². The standard InChI is InChI=1S/C14H23FN2O2S/c1-9(2)8-17(10(3)4)20(18,19)14-7-12(16)6-13(15)11(14)5/h6-7,9-10H,8,16H2,1-5H3. The zero-order valence-electron chi connectivity index (χ0n) is 12.6. The van der Waals surface area contributed by atoms with E-state index in [-0.39, 0.29) is 28.1 Å². The molecule has 2 N–H and O–H groups in total. The highest BCUT2D eigenvalue weighted by molar-refractivity contribution is 7.89. The summed E-state index contributed by atoms with van der Waals surface area (Å²) in [4.78, 5) is -0.0515. The van der Waals surface area contributed by atoms with Crippen LogP contribution in [0.2, 0.25) is 0 Å². The molecule has 114 valence electrons.